The average Bonchev–Trinajstić information content (AvgIpc) is 3.34. The van der Waals surface area contributed by atoms with Crippen molar-refractivity contribution in [2.24, 2.45) is 5.92 Å². The molecule has 9 heteroatoms. The molecule has 4 aromatic heterocycles. The highest BCUT2D eigenvalue weighted by Crippen LogP contribution is 2.39. The van der Waals surface area contributed by atoms with E-state index in [-0.39, 0.29) is 24.3 Å². The fraction of sp³-hybridized carbons (Fsp3) is 0.360. The van der Waals surface area contributed by atoms with Crippen LogP contribution < -0.4 is 0 Å². The normalized spacial score (nSPS) is 16.2. The van der Waals surface area contributed by atoms with Crippen molar-refractivity contribution in [1.82, 2.24) is 19.7 Å². The van der Waals surface area contributed by atoms with Crippen LogP contribution in [0, 0.1) is 19.8 Å². The van der Waals surface area contributed by atoms with Gasteiger partial charge >= 0.3 is 5.97 Å². The van der Waals surface area contributed by atoms with E-state index in [0.29, 0.717) is 36.4 Å². The summed E-state index contributed by atoms with van der Waals surface area (Å²) in [6.07, 6.45) is 5.76. The standard InChI is InChI=1S/C25H24F2N4O3/c1-14-22(15(2)34-30-14)18-9-21-23(29-11-18)19(20-4-3-17(10-28-20)24(32)33)13-31(21)12-16-5-7-25(26,27)8-6-16/h3-4,9-11,13,16H,5-8,12H2,1-2H3,(H,32,33). The van der Waals surface area contributed by atoms with Crippen LogP contribution in [0.15, 0.2) is 41.3 Å². The number of hydrogen-bond acceptors (Lipinski definition) is 5. The Bertz CT molecular complexity index is 1350. The molecule has 0 amide bonds. The topological polar surface area (TPSA) is 94.0 Å². The number of rotatable bonds is 5. The third-order valence-corrected chi connectivity index (χ3v) is 6.62. The minimum atomic E-state index is -2.58. The van der Waals surface area contributed by atoms with Gasteiger partial charge in [-0.3, -0.25) is 9.97 Å². The molecule has 1 aliphatic carbocycles. The molecule has 176 valence electrons. The average molecular weight is 466 g/mol. The number of aromatic carboxylic acids is 1. The molecule has 0 bridgehead atoms. The summed E-state index contributed by atoms with van der Waals surface area (Å²) in [6.45, 7) is 4.31. The van der Waals surface area contributed by atoms with Crippen LogP contribution in [0.25, 0.3) is 33.4 Å². The monoisotopic (exact) mass is 466 g/mol. The van der Waals surface area contributed by atoms with Crippen molar-refractivity contribution in [3.63, 3.8) is 0 Å². The first-order chi connectivity index (χ1) is 16.2. The molecule has 0 atom stereocenters. The number of nitrogens with zero attached hydrogens (tertiary/aromatic N) is 4. The van der Waals surface area contributed by atoms with E-state index < -0.39 is 11.9 Å². The second kappa shape index (κ2) is 8.30. The van der Waals surface area contributed by atoms with Crippen LogP contribution in [-0.2, 0) is 6.54 Å². The van der Waals surface area contributed by atoms with Crippen LogP contribution in [0.3, 0.4) is 0 Å². The lowest BCUT2D eigenvalue weighted by Gasteiger charge is -2.28. The summed E-state index contributed by atoms with van der Waals surface area (Å²) in [5, 5.41) is 13.2. The van der Waals surface area contributed by atoms with Crippen LogP contribution in [-0.4, -0.2) is 36.7 Å². The lowest BCUT2D eigenvalue weighted by Crippen LogP contribution is -2.26. The quantitative estimate of drug-likeness (QED) is 0.394. The Labute approximate surface area is 194 Å². The second-order valence-electron chi connectivity index (χ2n) is 9.02. The van der Waals surface area contributed by atoms with Gasteiger partial charge in [-0.05, 0) is 50.8 Å². The van der Waals surface area contributed by atoms with E-state index in [1.54, 1.807) is 12.3 Å². The predicted molar refractivity (Wildman–Crippen MR) is 122 cm³/mol. The van der Waals surface area contributed by atoms with Gasteiger partial charge in [-0.15, -0.1) is 0 Å². The van der Waals surface area contributed by atoms with Crippen molar-refractivity contribution in [3.8, 4) is 22.4 Å². The molecule has 0 saturated heterocycles. The summed E-state index contributed by atoms with van der Waals surface area (Å²) >= 11 is 0. The second-order valence-corrected chi connectivity index (χ2v) is 9.02. The van der Waals surface area contributed by atoms with Gasteiger partial charge in [-0.25, -0.2) is 13.6 Å². The van der Waals surface area contributed by atoms with Crippen LogP contribution in [0.2, 0.25) is 0 Å². The molecule has 0 spiro atoms. The van der Waals surface area contributed by atoms with Crippen molar-refractivity contribution >= 4 is 17.0 Å². The van der Waals surface area contributed by atoms with Gasteiger partial charge in [-0.2, -0.15) is 0 Å². The largest absolute Gasteiger partial charge is 0.478 e. The Morgan fingerprint density at radius 1 is 1.21 bits per heavy atom. The number of aromatic nitrogens is 4. The van der Waals surface area contributed by atoms with E-state index in [9.17, 15) is 18.7 Å². The zero-order valence-corrected chi connectivity index (χ0v) is 18.9. The molecule has 5 rings (SSSR count). The number of alkyl halides is 2. The molecular weight excluding hydrogens is 442 g/mol. The lowest BCUT2D eigenvalue weighted by atomic mass is 9.87. The number of aryl methyl sites for hydroxylation is 2. The van der Waals surface area contributed by atoms with Crippen molar-refractivity contribution in [3.05, 3.63) is 53.8 Å². The zero-order valence-electron chi connectivity index (χ0n) is 18.9. The Hall–Kier alpha value is -3.62. The minimum Gasteiger partial charge on any atom is -0.478 e. The molecule has 4 heterocycles. The van der Waals surface area contributed by atoms with Crippen molar-refractivity contribution in [1.29, 1.82) is 0 Å². The number of fused-ring (bicyclic) bond motifs is 1. The maximum Gasteiger partial charge on any atom is 0.337 e. The summed E-state index contributed by atoms with van der Waals surface area (Å²) in [5.74, 6) is -2.79. The number of carbonyl (C=O) groups is 1. The molecule has 0 aliphatic heterocycles. The number of halogens is 2. The summed E-state index contributed by atoms with van der Waals surface area (Å²) in [7, 11) is 0. The molecule has 0 aromatic carbocycles. The molecule has 4 aromatic rings. The molecule has 7 nitrogen and oxygen atoms in total. The lowest BCUT2D eigenvalue weighted by molar-refractivity contribution is -0.0472. The Morgan fingerprint density at radius 3 is 2.59 bits per heavy atom. The van der Waals surface area contributed by atoms with Crippen LogP contribution >= 0.6 is 0 Å². The first-order valence-corrected chi connectivity index (χ1v) is 11.2. The Morgan fingerprint density at radius 2 is 1.97 bits per heavy atom. The smallest absolute Gasteiger partial charge is 0.337 e. The Kier molecular flexibility index (Phi) is 5.42. The molecular formula is C25H24F2N4O3. The van der Waals surface area contributed by atoms with E-state index >= 15 is 0 Å². The Balaban J connectivity index is 1.59. The molecule has 1 N–H and O–H groups in total. The molecule has 34 heavy (non-hydrogen) atoms. The fourth-order valence-corrected chi connectivity index (χ4v) is 4.78. The molecule has 0 unspecified atom stereocenters. The third-order valence-electron chi connectivity index (χ3n) is 6.62. The van der Waals surface area contributed by atoms with E-state index in [1.165, 1.54) is 12.3 Å². The van der Waals surface area contributed by atoms with Crippen molar-refractivity contribution in [2.75, 3.05) is 0 Å². The van der Waals surface area contributed by atoms with E-state index in [2.05, 4.69) is 14.7 Å². The van der Waals surface area contributed by atoms with E-state index in [0.717, 1.165) is 27.9 Å². The van der Waals surface area contributed by atoms with Gasteiger partial charge in [0, 0.05) is 54.7 Å². The SMILES string of the molecule is Cc1noc(C)c1-c1cnc2c(-c3ccc(C(=O)O)cn3)cn(CC3CCC(F)(F)CC3)c2c1. The predicted octanol–water partition coefficient (Wildman–Crippen LogP) is 5.89. The summed E-state index contributed by atoms with van der Waals surface area (Å²) in [5.41, 5.74) is 5.53. The summed E-state index contributed by atoms with van der Waals surface area (Å²) < 4.78 is 34.8. The number of hydrogen-bond donors (Lipinski definition) is 1. The van der Waals surface area contributed by atoms with Crippen molar-refractivity contribution in [2.45, 2.75) is 52.0 Å². The maximum absolute atomic E-state index is 13.7. The van der Waals surface area contributed by atoms with Gasteiger partial charge < -0.3 is 14.2 Å². The molecule has 1 aliphatic rings. The van der Waals surface area contributed by atoms with Gasteiger partial charge in [0.15, 0.2) is 0 Å². The van der Waals surface area contributed by atoms with Crippen LogP contribution in [0.4, 0.5) is 8.78 Å². The van der Waals surface area contributed by atoms with E-state index in [4.69, 9.17) is 9.51 Å². The molecule has 1 fully saturated rings. The van der Waals surface area contributed by atoms with Gasteiger partial charge in [0.05, 0.1) is 28.0 Å². The molecule has 0 radical (unpaired) electrons. The zero-order chi connectivity index (χ0) is 24.0. The van der Waals surface area contributed by atoms with Gasteiger partial charge in [0.1, 0.15) is 5.76 Å². The molecule has 1 saturated carbocycles. The highest BCUT2D eigenvalue weighted by Gasteiger charge is 2.35. The summed E-state index contributed by atoms with van der Waals surface area (Å²) in [4.78, 5) is 20.3. The number of carboxylic acid groups (broad SMARTS) is 1. The number of carboxylic acids is 1. The number of pyridine rings is 2. The highest BCUT2D eigenvalue weighted by atomic mass is 19.3. The first kappa shape index (κ1) is 22.2. The van der Waals surface area contributed by atoms with Gasteiger partial charge in [-0.1, -0.05) is 5.16 Å². The van der Waals surface area contributed by atoms with Crippen molar-refractivity contribution < 1.29 is 23.2 Å². The maximum atomic E-state index is 13.7. The highest BCUT2D eigenvalue weighted by molar-refractivity contribution is 5.95. The third kappa shape index (κ3) is 4.06. The van der Waals surface area contributed by atoms with Crippen LogP contribution in [0.5, 0.6) is 0 Å². The first-order valence-electron chi connectivity index (χ1n) is 11.2. The van der Waals surface area contributed by atoms with E-state index in [1.807, 2.05) is 26.1 Å². The fourth-order valence-electron chi connectivity index (χ4n) is 4.78. The summed E-state index contributed by atoms with van der Waals surface area (Å²) in [6, 6.07) is 5.18. The minimum absolute atomic E-state index is 0.0927. The van der Waals surface area contributed by atoms with Gasteiger partial charge in [0.2, 0.25) is 5.92 Å². The van der Waals surface area contributed by atoms with Gasteiger partial charge in [0.25, 0.3) is 0 Å². The van der Waals surface area contributed by atoms with Crippen LogP contribution in [0.1, 0.15) is 47.5 Å².